The van der Waals surface area contributed by atoms with Gasteiger partial charge in [0.15, 0.2) is 0 Å². The summed E-state index contributed by atoms with van der Waals surface area (Å²) in [5, 5.41) is 1.14. The Balaban J connectivity index is 2.55. The predicted molar refractivity (Wildman–Crippen MR) is 46.9 cm³/mol. The zero-order valence-electron chi connectivity index (χ0n) is 6.91. The second-order valence-corrected chi connectivity index (χ2v) is 2.69. The Hall–Kier alpha value is -1.28. The van der Waals surface area contributed by atoms with Gasteiger partial charge in [-0.25, -0.2) is 0 Å². The summed E-state index contributed by atoms with van der Waals surface area (Å²) in [6.45, 7) is 0.608. The lowest BCUT2D eigenvalue weighted by atomic mass is 10.2. The molecule has 0 fully saturated rings. The Morgan fingerprint density at radius 1 is 1.33 bits per heavy atom. The Morgan fingerprint density at radius 3 is 3.00 bits per heavy atom. The van der Waals surface area contributed by atoms with E-state index in [9.17, 15) is 0 Å². The molecule has 0 saturated heterocycles. The molecule has 0 saturated carbocycles. The molecule has 2 heteroatoms. The Morgan fingerprint density at radius 2 is 2.17 bits per heavy atom. The molecule has 1 aromatic carbocycles. The monoisotopic (exact) mass is 162 g/mol. The summed E-state index contributed by atoms with van der Waals surface area (Å²) in [7, 11) is 1.68. The molecule has 0 atom stereocenters. The van der Waals surface area contributed by atoms with Gasteiger partial charge in [0, 0.05) is 18.1 Å². The van der Waals surface area contributed by atoms with Crippen molar-refractivity contribution in [2.45, 2.75) is 6.61 Å². The van der Waals surface area contributed by atoms with Crippen molar-refractivity contribution in [1.82, 2.24) is 0 Å². The summed E-state index contributed by atoms with van der Waals surface area (Å²) in [5.41, 5.74) is 2.03. The molecule has 2 nitrogen and oxygen atoms in total. The lowest BCUT2D eigenvalue weighted by Gasteiger charge is -1.93. The smallest absolute Gasteiger partial charge is 0.134 e. The molecule has 0 spiro atoms. The van der Waals surface area contributed by atoms with Gasteiger partial charge in [0.1, 0.15) is 5.58 Å². The molecule has 0 unspecified atom stereocenters. The summed E-state index contributed by atoms with van der Waals surface area (Å²) in [5.74, 6) is 0. The molecule has 62 valence electrons. The number of furan rings is 1. The minimum Gasteiger partial charge on any atom is -0.464 e. The summed E-state index contributed by atoms with van der Waals surface area (Å²) < 4.78 is 10.4. The first-order valence-corrected chi connectivity index (χ1v) is 3.86. The molecule has 0 aliphatic heterocycles. The number of hydrogen-bond donors (Lipinski definition) is 0. The van der Waals surface area contributed by atoms with Crippen molar-refractivity contribution in [3.63, 3.8) is 0 Å². The Bertz CT molecular complexity index is 376. The number of rotatable bonds is 2. The SMILES string of the molecule is COCc1coc2ccccc12. The van der Waals surface area contributed by atoms with Crippen molar-refractivity contribution in [1.29, 1.82) is 0 Å². The van der Waals surface area contributed by atoms with Gasteiger partial charge in [-0.1, -0.05) is 18.2 Å². The van der Waals surface area contributed by atoms with Crippen molar-refractivity contribution >= 4 is 11.0 Å². The third-order valence-electron chi connectivity index (χ3n) is 1.86. The van der Waals surface area contributed by atoms with E-state index in [2.05, 4.69) is 0 Å². The largest absolute Gasteiger partial charge is 0.464 e. The van der Waals surface area contributed by atoms with Crippen molar-refractivity contribution in [3.8, 4) is 0 Å². The lowest BCUT2D eigenvalue weighted by molar-refractivity contribution is 0.185. The molecule has 2 aromatic rings. The van der Waals surface area contributed by atoms with E-state index in [4.69, 9.17) is 9.15 Å². The first kappa shape index (κ1) is 7.37. The van der Waals surface area contributed by atoms with Gasteiger partial charge >= 0.3 is 0 Å². The molecular formula is C10H10O2. The Kier molecular flexibility index (Phi) is 1.84. The molecule has 0 amide bonds. The van der Waals surface area contributed by atoms with Crippen LogP contribution in [0.4, 0.5) is 0 Å². The zero-order valence-corrected chi connectivity index (χ0v) is 6.91. The van der Waals surface area contributed by atoms with Crippen LogP contribution in [0.25, 0.3) is 11.0 Å². The van der Waals surface area contributed by atoms with Crippen LogP contribution in [-0.2, 0) is 11.3 Å². The first-order chi connectivity index (χ1) is 5.92. The van der Waals surface area contributed by atoms with Gasteiger partial charge in [-0.3, -0.25) is 0 Å². The highest BCUT2D eigenvalue weighted by molar-refractivity contribution is 5.80. The fourth-order valence-corrected chi connectivity index (χ4v) is 1.30. The highest BCUT2D eigenvalue weighted by atomic mass is 16.5. The van der Waals surface area contributed by atoms with Crippen molar-refractivity contribution in [2.24, 2.45) is 0 Å². The fourth-order valence-electron chi connectivity index (χ4n) is 1.30. The lowest BCUT2D eigenvalue weighted by Crippen LogP contribution is -1.83. The van der Waals surface area contributed by atoms with Gasteiger partial charge in [-0.15, -0.1) is 0 Å². The summed E-state index contributed by atoms with van der Waals surface area (Å²) in [4.78, 5) is 0. The van der Waals surface area contributed by atoms with Crippen LogP contribution in [0.1, 0.15) is 5.56 Å². The van der Waals surface area contributed by atoms with Crippen LogP contribution in [0.3, 0.4) is 0 Å². The molecule has 0 radical (unpaired) electrons. The molecule has 0 aliphatic carbocycles. The maximum absolute atomic E-state index is 5.32. The van der Waals surface area contributed by atoms with Crippen LogP contribution in [0.15, 0.2) is 34.9 Å². The van der Waals surface area contributed by atoms with Crippen LogP contribution >= 0.6 is 0 Å². The fraction of sp³-hybridized carbons (Fsp3) is 0.200. The van der Waals surface area contributed by atoms with Crippen molar-refractivity contribution in [3.05, 3.63) is 36.1 Å². The molecule has 0 aliphatic rings. The number of fused-ring (bicyclic) bond motifs is 1. The molecule has 2 rings (SSSR count). The van der Waals surface area contributed by atoms with E-state index in [1.165, 1.54) is 0 Å². The van der Waals surface area contributed by atoms with Gasteiger partial charge in [0.05, 0.1) is 12.9 Å². The molecule has 12 heavy (non-hydrogen) atoms. The van der Waals surface area contributed by atoms with Crippen molar-refractivity contribution < 1.29 is 9.15 Å². The van der Waals surface area contributed by atoms with Crippen LogP contribution in [-0.4, -0.2) is 7.11 Å². The van der Waals surface area contributed by atoms with Crippen LogP contribution in [0, 0.1) is 0 Å². The number of ether oxygens (including phenoxy) is 1. The Labute approximate surface area is 70.8 Å². The molecule has 1 heterocycles. The maximum atomic E-state index is 5.32. The average Bonchev–Trinajstić information content (AvgIpc) is 2.50. The van der Waals surface area contributed by atoms with E-state index in [0.29, 0.717) is 6.61 Å². The van der Waals surface area contributed by atoms with Gasteiger partial charge in [-0.2, -0.15) is 0 Å². The number of para-hydroxylation sites is 1. The highest BCUT2D eigenvalue weighted by Gasteiger charge is 2.02. The highest BCUT2D eigenvalue weighted by Crippen LogP contribution is 2.20. The van der Waals surface area contributed by atoms with E-state index in [1.54, 1.807) is 13.4 Å². The van der Waals surface area contributed by atoms with E-state index in [-0.39, 0.29) is 0 Å². The zero-order chi connectivity index (χ0) is 8.39. The minimum absolute atomic E-state index is 0.608. The van der Waals surface area contributed by atoms with E-state index < -0.39 is 0 Å². The number of benzene rings is 1. The minimum atomic E-state index is 0.608. The summed E-state index contributed by atoms with van der Waals surface area (Å²) in [6, 6.07) is 7.95. The first-order valence-electron chi connectivity index (χ1n) is 3.86. The van der Waals surface area contributed by atoms with E-state index >= 15 is 0 Å². The van der Waals surface area contributed by atoms with Crippen LogP contribution < -0.4 is 0 Å². The summed E-state index contributed by atoms with van der Waals surface area (Å²) in [6.07, 6.45) is 1.74. The second-order valence-electron chi connectivity index (χ2n) is 2.69. The van der Waals surface area contributed by atoms with Crippen LogP contribution in [0.5, 0.6) is 0 Å². The third-order valence-corrected chi connectivity index (χ3v) is 1.86. The van der Waals surface area contributed by atoms with Gasteiger partial charge in [0.25, 0.3) is 0 Å². The van der Waals surface area contributed by atoms with Crippen molar-refractivity contribution in [2.75, 3.05) is 7.11 Å². The molecule has 0 bridgehead atoms. The quantitative estimate of drug-likeness (QED) is 0.677. The number of hydrogen-bond acceptors (Lipinski definition) is 2. The van der Waals surface area contributed by atoms with Gasteiger partial charge < -0.3 is 9.15 Å². The second kappa shape index (κ2) is 2.99. The normalized spacial score (nSPS) is 10.8. The van der Waals surface area contributed by atoms with Gasteiger partial charge in [0.2, 0.25) is 0 Å². The topological polar surface area (TPSA) is 22.4 Å². The molecule has 0 N–H and O–H groups in total. The third kappa shape index (κ3) is 1.10. The maximum Gasteiger partial charge on any atom is 0.134 e. The predicted octanol–water partition coefficient (Wildman–Crippen LogP) is 2.58. The molecular weight excluding hydrogens is 152 g/mol. The average molecular weight is 162 g/mol. The standard InChI is InChI=1S/C10H10O2/c1-11-6-8-7-12-10-5-3-2-4-9(8)10/h2-5,7H,6H2,1H3. The van der Waals surface area contributed by atoms with Crippen LogP contribution in [0.2, 0.25) is 0 Å². The molecule has 1 aromatic heterocycles. The van der Waals surface area contributed by atoms with E-state index in [0.717, 1.165) is 16.5 Å². The van der Waals surface area contributed by atoms with Gasteiger partial charge in [-0.05, 0) is 6.07 Å². The number of methoxy groups -OCH3 is 1. The summed E-state index contributed by atoms with van der Waals surface area (Å²) >= 11 is 0. The van der Waals surface area contributed by atoms with E-state index in [1.807, 2.05) is 24.3 Å².